The normalized spacial score (nSPS) is 16.6. The minimum absolute atomic E-state index is 0.00442. The number of ether oxygens (including phenoxy) is 4. The molecule has 0 spiro atoms. The number of carbonyl (C=O) groups excluding carboxylic acids is 5. The number of nitrogens with one attached hydrogen (secondary N) is 3. The third kappa shape index (κ3) is 13.5. The molecule has 2 saturated heterocycles. The number of hydrogen-bond donors (Lipinski definition) is 3. The molecule has 0 radical (unpaired) electrons. The van der Waals surface area contributed by atoms with Crippen LogP contribution in [0.5, 0.6) is 5.75 Å². The van der Waals surface area contributed by atoms with Crippen molar-refractivity contribution in [2.24, 2.45) is 0 Å². The van der Waals surface area contributed by atoms with Gasteiger partial charge in [0.1, 0.15) is 11.8 Å². The number of piperidine rings is 2. The largest absolute Gasteiger partial charge is 0.489 e. The third-order valence-electron chi connectivity index (χ3n) is 10.6. The van der Waals surface area contributed by atoms with Crippen molar-refractivity contribution in [1.29, 1.82) is 0 Å². The molecule has 16 nitrogen and oxygen atoms in total. The summed E-state index contributed by atoms with van der Waals surface area (Å²) in [7, 11) is 0. The number of carbonyl (C=O) groups is 5. The minimum atomic E-state index is -1.09. The first-order valence-corrected chi connectivity index (χ1v) is 21.6. The first-order chi connectivity index (χ1) is 30.3. The molecular weight excluding hydrogens is 830 g/mol. The molecule has 3 aliphatic rings. The van der Waals surface area contributed by atoms with Crippen LogP contribution in [-0.2, 0) is 28.6 Å². The predicted octanol–water partition coefficient (Wildman–Crippen LogP) is 6.30. The molecular formula is C46H58ClN7O9. The quantitative estimate of drug-likeness (QED) is 0.0652. The molecule has 5 amide bonds. The lowest BCUT2D eigenvalue weighted by Gasteiger charge is -2.33. The Bertz CT molecular complexity index is 2130. The lowest BCUT2D eigenvalue weighted by atomic mass is 9.86. The second-order valence-corrected chi connectivity index (χ2v) is 15.9. The van der Waals surface area contributed by atoms with Gasteiger partial charge in [0, 0.05) is 13.0 Å². The Morgan fingerprint density at radius 2 is 1.62 bits per heavy atom. The first-order valence-electron chi connectivity index (χ1n) is 21.2. The number of aryl methyl sites for hydroxylation is 2. The van der Waals surface area contributed by atoms with Gasteiger partial charge >= 0.3 is 0 Å². The Kier molecular flexibility index (Phi) is 18.3. The van der Waals surface area contributed by atoms with Gasteiger partial charge in [0.25, 0.3) is 11.8 Å². The molecule has 0 aliphatic carbocycles. The fraction of sp³-hybridized carbons (Fsp3) is 0.457. The maximum atomic E-state index is 13.2. The topological polar surface area (TPSA) is 191 Å². The molecule has 3 N–H and O–H groups in total. The van der Waals surface area contributed by atoms with Gasteiger partial charge in [-0.1, -0.05) is 43.0 Å². The summed E-state index contributed by atoms with van der Waals surface area (Å²) >= 11 is 6.13. The monoisotopic (exact) mass is 887 g/mol. The summed E-state index contributed by atoms with van der Waals surface area (Å²) in [6.45, 7) is 19.8. The molecule has 1 aromatic heterocycles. The number of fused-ring (bicyclic) bond motifs is 1. The Morgan fingerprint density at radius 3 is 2.27 bits per heavy atom. The Morgan fingerprint density at radius 1 is 0.937 bits per heavy atom. The van der Waals surface area contributed by atoms with Gasteiger partial charge < -0.3 is 34.5 Å². The highest BCUT2D eigenvalue weighted by atomic mass is 35.5. The molecule has 17 heteroatoms. The van der Waals surface area contributed by atoms with Crippen LogP contribution in [0.4, 0.5) is 17.3 Å². The van der Waals surface area contributed by atoms with Gasteiger partial charge in [0.2, 0.25) is 23.7 Å². The molecule has 1 atom stereocenters. The van der Waals surface area contributed by atoms with Crippen molar-refractivity contribution in [3.8, 4) is 5.75 Å². The molecule has 3 aliphatic heterocycles. The SMILES string of the molecule is C=CC=C.Cc1cc(Nc2ncc(Cl)c(C)n2)c(OC(C)C)cc1C1CCN(CCOCCOCCOCCC(=O)Nc2cccc3c2C(=O)N(C2CCC(=O)NC2=O)C3=O)CC1. The van der Waals surface area contributed by atoms with Crippen molar-refractivity contribution in [3.63, 3.8) is 0 Å². The number of hydrogen-bond acceptors (Lipinski definition) is 13. The van der Waals surface area contributed by atoms with Crippen molar-refractivity contribution in [3.05, 3.63) is 94.8 Å². The number of imide groups is 2. The summed E-state index contributed by atoms with van der Waals surface area (Å²) in [6, 6.07) is 7.74. The van der Waals surface area contributed by atoms with Gasteiger partial charge in [0.15, 0.2) is 0 Å². The zero-order valence-corrected chi connectivity index (χ0v) is 37.3. The average Bonchev–Trinajstić information content (AvgIpc) is 3.51. The number of allylic oxidation sites excluding steroid dienone is 2. The van der Waals surface area contributed by atoms with Crippen LogP contribution in [-0.4, -0.2) is 121 Å². The van der Waals surface area contributed by atoms with E-state index in [4.69, 9.17) is 30.5 Å². The van der Waals surface area contributed by atoms with E-state index in [2.05, 4.69) is 63.0 Å². The summed E-state index contributed by atoms with van der Waals surface area (Å²) in [4.78, 5) is 74.9. The summed E-state index contributed by atoms with van der Waals surface area (Å²) in [5, 5.41) is 8.69. The molecule has 2 fully saturated rings. The molecule has 338 valence electrons. The smallest absolute Gasteiger partial charge is 0.264 e. The van der Waals surface area contributed by atoms with Crippen molar-refractivity contribution in [2.45, 2.75) is 77.9 Å². The molecule has 2 aromatic carbocycles. The Labute approximate surface area is 373 Å². The Balaban J connectivity index is 0.00000179. The molecule has 3 aromatic rings. The van der Waals surface area contributed by atoms with Crippen LogP contribution in [0.15, 0.2) is 61.8 Å². The highest BCUT2D eigenvalue weighted by Crippen LogP contribution is 2.38. The van der Waals surface area contributed by atoms with E-state index in [1.807, 2.05) is 20.8 Å². The van der Waals surface area contributed by atoms with Gasteiger partial charge in [-0.2, -0.15) is 0 Å². The van der Waals surface area contributed by atoms with Crippen LogP contribution in [0.1, 0.15) is 89.4 Å². The van der Waals surface area contributed by atoms with Gasteiger partial charge in [-0.3, -0.25) is 34.2 Å². The lowest BCUT2D eigenvalue weighted by Crippen LogP contribution is -2.54. The van der Waals surface area contributed by atoms with Crippen molar-refractivity contribution in [2.75, 3.05) is 69.9 Å². The number of amides is 5. The molecule has 1 unspecified atom stereocenters. The molecule has 4 heterocycles. The number of benzene rings is 2. The number of halogens is 1. The lowest BCUT2D eigenvalue weighted by molar-refractivity contribution is -0.136. The van der Waals surface area contributed by atoms with Gasteiger partial charge in [-0.15, -0.1) is 0 Å². The summed E-state index contributed by atoms with van der Waals surface area (Å²) in [5.41, 5.74) is 4.30. The average molecular weight is 888 g/mol. The fourth-order valence-electron chi connectivity index (χ4n) is 7.43. The van der Waals surface area contributed by atoms with E-state index in [0.29, 0.717) is 49.0 Å². The summed E-state index contributed by atoms with van der Waals surface area (Å²) < 4.78 is 23.2. The second-order valence-electron chi connectivity index (χ2n) is 15.5. The van der Waals surface area contributed by atoms with Crippen LogP contribution in [0.25, 0.3) is 0 Å². The van der Waals surface area contributed by atoms with Crippen LogP contribution in [0.3, 0.4) is 0 Å². The van der Waals surface area contributed by atoms with E-state index >= 15 is 0 Å². The second kappa shape index (κ2) is 23.8. The predicted molar refractivity (Wildman–Crippen MR) is 240 cm³/mol. The maximum Gasteiger partial charge on any atom is 0.264 e. The van der Waals surface area contributed by atoms with Crippen molar-refractivity contribution in [1.82, 2.24) is 25.1 Å². The molecule has 6 rings (SSSR count). The van der Waals surface area contributed by atoms with E-state index in [1.165, 1.54) is 23.3 Å². The molecule has 0 bridgehead atoms. The first kappa shape index (κ1) is 48.5. The highest BCUT2D eigenvalue weighted by molar-refractivity contribution is 6.31. The summed E-state index contributed by atoms with van der Waals surface area (Å²) in [5.74, 6) is -1.21. The number of aromatic nitrogens is 2. The van der Waals surface area contributed by atoms with Crippen molar-refractivity contribution >= 4 is 58.5 Å². The van der Waals surface area contributed by atoms with Crippen LogP contribution >= 0.6 is 11.6 Å². The zero-order chi connectivity index (χ0) is 45.5. The van der Waals surface area contributed by atoms with E-state index in [0.717, 1.165) is 48.8 Å². The zero-order valence-electron chi connectivity index (χ0n) is 36.5. The summed E-state index contributed by atoms with van der Waals surface area (Å²) in [6.07, 6.45) is 7.04. The van der Waals surface area contributed by atoms with Gasteiger partial charge in [0.05, 0.1) is 91.6 Å². The standard InChI is InChI=1S/C42H52ClN7O9.C4H6/c1-25(2)59-35-23-30(26(3)22-33(35)47-42-44-24-31(43)27(4)45-42)28-10-13-49(14-11-28)15-17-57-19-21-58-20-18-56-16-12-37(52)46-32-7-5-6-29-38(32)41(55)50(40(29)54)34-8-9-36(51)48-39(34)53;1-3-4-2/h5-7,22-25,28,34H,8-21H2,1-4H3,(H,46,52)(H,44,45,47)(H,48,51,53);3-4H,1-2H2. The number of nitrogens with zero attached hydrogens (tertiary/aromatic N) is 4. The van der Waals surface area contributed by atoms with E-state index in [-0.39, 0.29) is 55.4 Å². The number of anilines is 3. The van der Waals surface area contributed by atoms with Crippen LogP contribution < -0.4 is 20.7 Å². The number of rotatable bonds is 20. The van der Waals surface area contributed by atoms with Gasteiger partial charge in [-0.05, 0) is 101 Å². The van der Waals surface area contributed by atoms with Crippen LogP contribution in [0.2, 0.25) is 5.02 Å². The van der Waals surface area contributed by atoms with Crippen LogP contribution in [0, 0.1) is 13.8 Å². The fourth-order valence-corrected chi connectivity index (χ4v) is 7.52. The highest BCUT2D eigenvalue weighted by Gasteiger charge is 2.45. The van der Waals surface area contributed by atoms with E-state index in [9.17, 15) is 24.0 Å². The minimum Gasteiger partial charge on any atom is -0.489 e. The van der Waals surface area contributed by atoms with Crippen molar-refractivity contribution < 1.29 is 42.9 Å². The van der Waals surface area contributed by atoms with Gasteiger partial charge in [-0.25, -0.2) is 9.97 Å². The maximum absolute atomic E-state index is 13.2. The Hall–Kier alpha value is -5.52. The molecule has 63 heavy (non-hydrogen) atoms. The third-order valence-corrected chi connectivity index (χ3v) is 11.0. The number of likely N-dealkylation sites (tertiary alicyclic amines) is 1. The molecule has 0 saturated carbocycles. The van der Waals surface area contributed by atoms with E-state index < -0.39 is 35.6 Å². The van der Waals surface area contributed by atoms with E-state index in [1.54, 1.807) is 24.4 Å².